The number of nitrogens with two attached hydrogens (primary N) is 1. The molecule has 2 unspecified atom stereocenters. The zero-order valence-electron chi connectivity index (χ0n) is 9.67. The Bertz CT molecular complexity index is 130. The largest absolute Gasteiger partial charge is 0.377 e. The molecule has 0 aliphatic heterocycles. The molecule has 0 saturated heterocycles. The number of ether oxygens (including phenoxy) is 1. The highest BCUT2D eigenvalue weighted by Crippen LogP contribution is 2.11. The highest BCUT2D eigenvalue weighted by Gasteiger charge is 2.16. The lowest BCUT2D eigenvalue weighted by atomic mass is 10.0. The topological polar surface area (TPSA) is 35.2 Å². The molecule has 2 heteroatoms. The van der Waals surface area contributed by atoms with Crippen LogP contribution in [0.15, 0.2) is 12.7 Å². The molecule has 0 aromatic carbocycles. The van der Waals surface area contributed by atoms with Crippen molar-refractivity contribution in [2.75, 3.05) is 6.61 Å². The summed E-state index contributed by atoms with van der Waals surface area (Å²) in [5, 5.41) is 0. The number of hydrogen-bond acceptors (Lipinski definition) is 2. The Morgan fingerprint density at radius 2 is 2.07 bits per heavy atom. The summed E-state index contributed by atoms with van der Waals surface area (Å²) in [5.41, 5.74) is 6.07. The van der Waals surface area contributed by atoms with E-state index in [1.54, 1.807) is 0 Å². The summed E-state index contributed by atoms with van der Waals surface area (Å²) < 4.78 is 5.62. The lowest BCUT2D eigenvalue weighted by Gasteiger charge is -2.23. The van der Waals surface area contributed by atoms with Gasteiger partial charge in [-0.25, -0.2) is 0 Å². The Balaban J connectivity index is 3.74. The lowest BCUT2D eigenvalue weighted by molar-refractivity contribution is 0.0354. The Labute approximate surface area is 88.5 Å². The summed E-state index contributed by atoms with van der Waals surface area (Å²) in [7, 11) is 0. The summed E-state index contributed by atoms with van der Waals surface area (Å²) in [6.07, 6.45) is 7.62. The highest BCUT2D eigenvalue weighted by molar-refractivity contribution is 4.75. The van der Waals surface area contributed by atoms with Crippen LogP contribution in [0.25, 0.3) is 0 Å². The maximum absolute atomic E-state index is 6.07. The van der Waals surface area contributed by atoms with E-state index < -0.39 is 0 Å². The molecule has 0 aromatic rings. The fourth-order valence-corrected chi connectivity index (χ4v) is 1.60. The van der Waals surface area contributed by atoms with Gasteiger partial charge in [-0.05, 0) is 32.6 Å². The van der Waals surface area contributed by atoms with Crippen molar-refractivity contribution in [3.63, 3.8) is 0 Å². The van der Waals surface area contributed by atoms with Crippen LogP contribution in [0.3, 0.4) is 0 Å². The molecule has 0 aromatic heterocycles. The summed E-state index contributed by atoms with van der Waals surface area (Å²) in [6, 6.07) is 0.190. The minimum absolute atomic E-state index is 0.190. The summed E-state index contributed by atoms with van der Waals surface area (Å²) in [6.45, 7) is 8.66. The van der Waals surface area contributed by atoms with Gasteiger partial charge in [0.05, 0.1) is 6.10 Å². The summed E-state index contributed by atoms with van der Waals surface area (Å²) in [5.74, 6) is 0. The molecule has 0 bridgehead atoms. The molecule has 0 amide bonds. The Hall–Kier alpha value is -0.340. The van der Waals surface area contributed by atoms with Crippen molar-refractivity contribution in [1.29, 1.82) is 0 Å². The van der Waals surface area contributed by atoms with Crippen molar-refractivity contribution >= 4 is 0 Å². The first-order valence-corrected chi connectivity index (χ1v) is 5.74. The molecule has 2 N–H and O–H groups in total. The van der Waals surface area contributed by atoms with Crippen molar-refractivity contribution in [1.82, 2.24) is 0 Å². The number of allylic oxidation sites excluding steroid dienone is 1. The molecule has 0 spiro atoms. The van der Waals surface area contributed by atoms with Crippen molar-refractivity contribution in [2.45, 2.75) is 58.1 Å². The van der Waals surface area contributed by atoms with E-state index >= 15 is 0 Å². The van der Waals surface area contributed by atoms with E-state index in [9.17, 15) is 0 Å². The first kappa shape index (κ1) is 13.7. The maximum Gasteiger partial charge on any atom is 0.0725 e. The van der Waals surface area contributed by atoms with Crippen LogP contribution in [0, 0.1) is 0 Å². The Morgan fingerprint density at radius 3 is 2.57 bits per heavy atom. The van der Waals surface area contributed by atoms with Crippen LogP contribution in [0.2, 0.25) is 0 Å². The van der Waals surface area contributed by atoms with Crippen LogP contribution >= 0.6 is 0 Å². The van der Waals surface area contributed by atoms with Gasteiger partial charge in [0.2, 0.25) is 0 Å². The third-order valence-electron chi connectivity index (χ3n) is 2.38. The molecular formula is C12H25NO. The van der Waals surface area contributed by atoms with Gasteiger partial charge in [-0.1, -0.05) is 19.4 Å². The van der Waals surface area contributed by atoms with E-state index in [0.29, 0.717) is 0 Å². The second-order valence-electron chi connectivity index (χ2n) is 3.67. The molecule has 2 nitrogen and oxygen atoms in total. The average Bonchev–Trinajstić information content (AvgIpc) is 2.18. The minimum Gasteiger partial charge on any atom is -0.377 e. The normalized spacial score (nSPS) is 15.1. The van der Waals surface area contributed by atoms with Gasteiger partial charge in [0, 0.05) is 12.6 Å². The predicted octanol–water partition coefficient (Wildman–Crippen LogP) is 2.88. The molecule has 0 rings (SSSR count). The zero-order chi connectivity index (χ0) is 10.8. The molecule has 0 radical (unpaired) electrons. The van der Waals surface area contributed by atoms with E-state index in [4.69, 9.17) is 10.5 Å². The first-order valence-electron chi connectivity index (χ1n) is 5.74. The van der Waals surface area contributed by atoms with Crippen molar-refractivity contribution in [2.24, 2.45) is 5.73 Å². The molecule has 84 valence electrons. The van der Waals surface area contributed by atoms with Crippen molar-refractivity contribution < 1.29 is 4.74 Å². The molecule has 0 heterocycles. The zero-order valence-corrected chi connectivity index (χ0v) is 9.67. The van der Waals surface area contributed by atoms with Crippen LogP contribution in [-0.2, 0) is 4.74 Å². The predicted molar refractivity (Wildman–Crippen MR) is 62.3 cm³/mol. The fraction of sp³-hybridized carbons (Fsp3) is 0.833. The van der Waals surface area contributed by atoms with Crippen molar-refractivity contribution in [3.8, 4) is 0 Å². The molecule has 0 aliphatic rings. The van der Waals surface area contributed by atoms with Gasteiger partial charge in [-0.15, -0.1) is 6.58 Å². The van der Waals surface area contributed by atoms with E-state index in [2.05, 4.69) is 13.5 Å². The molecular weight excluding hydrogens is 174 g/mol. The second-order valence-corrected chi connectivity index (χ2v) is 3.67. The van der Waals surface area contributed by atoms with Crippen LogP contribution in [-0.4, -0.2) is 18.8 Å². The van der Waals surface area contributed by atoms with Gasteiger partial charge in [-0.2, -0.15) is 0 Å². The SMILES string of the molecule is C=CCCCC(N)C(CCC)OCC. The smallest absolute Gasteiger partial charge is 0.0725 e. The summed E-state index contributed by atoms with van der Waals surface area (Å²) in [4.78, 5) is 0. The van der Waals surface area contributed by atoms with Gasteiger partial charge in [0.1, 0.15) is 0 Å². The van der Waals surface area contributed by atoms with E-state index in [1.165, 1.54) is 0 Å². The van der Waals surface area contributed by atoms with E-state index in [0.717, 1.165) is 38.7 Å². The maximum atomic E-state index is 6.07. The third-order valence-corrected chi connectivity index (χ3v) is 2.38. The van der Waals surface area contributed by atoms with Gasteiger partial charge < -0.3 is 10.5 Å². The lowest BCUT2D eigenvalue weighted by Crippen LogP contribution is -2.36. The minimum atomic E-state index is 0.190. The molecule has 0 saturated carbocycles. The van der Waals surface area contributed by atoms with Gasteiger partial charge >= 0.3 is 0 Å². The quantitative estimate of drug-likeness (QED) is 0.458. The molecule has 0 fully saturated rings. The number of unbranched alkanes of at least 4 members (excludes halogenated alkanes) is 1. The monoisotopic (exact) mass is 199 g/mol. The van der Waals surface area contributed by atoms with Gasteiger partial charge in [-0.3, -0.25) is 0 Å². The van der Waals surface area contributed by atoms with E-state index in [-0.39, 0.29) is 12.1 Å². The van der Waals surface area contributed by atoms with Crippen LogP contribution in [0.4, 0.5) is 0 Å². The van der Waals surface area contributed by atoms with Crippen molar-refractivity contribution in [3.05, 3.63) is 12.7 Å². The average molecular weight is 199 g/mol. The van der Waals surface area contributed by atoms with E-state index in [1.807, 2.05) is 13.0 Å². The van der Waals surface area contributed by atoms with Gasteiger partial charge in [0.15, 0.2) is 0 Å². The summed E-state index contributed by atoms with van der Waals surface area (Å²) >= 11 is 0. The number of rotatable bonds is 9. The van der Waals surface area contributed by atoms with Gasteiger partial charge in [0.25, 0.3) is 0 Å². The first-order chi connectivity index (χ1) is 6.76. The molecule has 2 atom stereocenters. The Morgan fingerprint density at radius 1 is 1.36 bits per heavy atom. The van der Waals surface area contributed by atoms with Crippen LogP contribution in [0.1, 0.15) is 46.0 Å². The number of hydrogen-bond donors (Lipinski definition) is 1. The molecule has 0 aliphatic carbocycles. The second kappa shape index (κ2) is 9.22. The fourth-order valence-electron chi connectivity index (χ4n) is 1.60. The van der Waals surface area contributed by atoms with Crippen LogP contribution in [0.5, 0.6) is 0 Å². The van der Waals surface area contributed by atoms with Crippen LogP contribution < -0.4 is 5.73 Å². The highest BCUT2D eigenvalue weighted by atomic mass is 16.5. The standard InChI is InChI=1S/C12H25NO/c1-4-7-8-10-11(13)12(9-5-2)14-6-3/h4,11-12H,1,5-10,13H2,2-3H3. The third kappa shape index (κ3) is 6.17. The molecule has 14 heavy (non-hydrogen) atoms. The Kier molecular flexibility index (Phi) is 9.00.